The SMILES string of the molecule is CC(C)Nc1ccc(C(=O)NN)cn1. The number of carbonyl (C=O) groups is 1. The van der Waals surface area contributed by atoms with Gasteiger partial charge in [0.1, 0.15) is 5.82 Å². The van der Waals surface area contributed by atoms with Crippen LogP contribution in [0.5, 0.6) is 0 Å². The summed E-state index contributed by atoms with van der Waals surface area (Å²) in [7, 11) is 0. The van der Waals surface area contributed by atoms with Crippen LogP contribution in [-0.2, 0) is 0 Å². The molecule has 76 valence electrons. The number of amides is 1. The number of hydrazine groups is 1. The Morgan fingerprint density at radius 2 is 2.21 bits per heavy atom. The molecule has 0 fully saturated rings. The molecule has 5 nitrogen and oxygen atoms in total. The van der Waals surface area contributed by atoms with E-state index in [1.165, 1.54) is 6.20 Å². The van der Waals surface area contributed by atoms with Gasteiger partial charge in [-0.2, -0.15) is 0 Å². The highest BCUT2D eigenvalue weighted by Crippen LogP contribution is 2.05. The van der Waals surface area contributed by atoms with Gasteiger partial charge in [-0.3, -0.25) is 10.2 Å². The van der Waals surface area contributed by atoms with Crippen molar-refractivity contribution >= 4 is 11.7 Å². The number of nitrogens with one attached hydrogen (secondary N) is 2. The maximum absolute atomic E-state index is 11.1. The van der Waals surface area contributed by atoms with Crippen molar-refractivity contribution in [3.8, 4) is 0 Å². The number of nitrogens with zero attached hydrogens (tertiary/aromatic N) is 1. The second-order valence-corrected chi connectivity index (χ2v) is 3.20. The molecule has 1 heterocycles. The second kappa shape index (κ2) is 4.57. The smallest absolute Gasteiger partial charge is 0.266 e. The zero-order chi connectivity index (χ0) is 10.6. The quantitative estimate of drug-likeness (QED) is 0.372. The first-order chi connectivity index (χ1) is 6.63. The first-order valence-corrected chi connectivity index (χ1v) is 4.37. The van der Waals surface area contributed by atoms with Gasteiger partial charge in [0.15, 0.2) is 0 Å². The van der Waals surface area contributed by atoms with E-state index >= 15 is 0 Å². The minimum atomic E-state index is -0.339. The average Bonchev–Trinajstić information content (AvgIpc) is 2.17. The first-order valence-electron chi connectivity index (χ1n) is 4.37. The van der Waals surface area contributed by atoms with E-state index in [0.29, 0.717) is 11.6 Å². The molecule has 0 radical (unpaired) electrons. The van der Waals surface area contributed by atoms with Gasteiger partial charge in [0.2, 0.25) is 0 Å². The Hall–Kier alpha value is -1.62. The largest absolute Gasteiger partial charge is 0.368 e. The van der Waals surface area contributed by atoms with Crippen LogP contribution >= 0.6 is 0 Å². The third-order valence-electron chi connectivity index (χ3n) is 1.59. The summed E-state index contributed by atoms with van der Waals surface area (Å²) < 4.78 is 0. The van der Waals surface area contributed by atoms with Crippen LogP contribution in [-0.4, -0.2) is 16.9 Å². The van der Waals surface area contributed by atoms with Gasteiger partial charge in [-0.15, -0.1) is 0 Å². The Kier molecular flexibility index (Phi) is 3.41. The molecule has 0 atom stereocenters. The van der Waals surface area contributed by atoms with Crippen molar-refractivity contribution in [3.63, 3.8) is 0 Å². The fraction of sp³-hybridized carbons (Fsp3) is 0.333. The lowest BCUT2D eigenvalue weighted by molar-refractivity contribution is 0.0953. The standard InChI is InChI=1S/C9H14N4O/c1-6(2)12-8-4-3-7(5-11-8)9(14)13-10/h3-6H,10H2,1-2H3,(H,11,12)(H,13,14). The molecule has 0 aromatic carbocycles. The molecule has 0 saturated carbocycles. The molecule has 1 aromatic rings. The maximum atomic E-state index is 11.1. The van der Waals surface area contributed by atoms with Gasteiger partial charge < -0.3 is 5.32 Å². The topological polar surface area (TPSA) is 80.0 Å². The highest BCUT2D eigenvalue weighted by Gasteiger charge is 2.03. The molecule has 14 heavy (non-hydrogen) atoms. The predicted molar refractivity (Wildman–Crippen MR) is 54.6 cm³/mol. The Morgan fingerprint density at radius 3 is 2.64 bits per heavy atom. The molecule has 1 amide bonds. The molecule has 4 N–H and O–H groups in total. The van der Waals surface area contributed by atoms with Crippen molar-refractivity contribution < 1.29 is 4.79 Å². The maximum Gasteiger partial charge on any atom is 0.266 e. The molecular weight excluding hydrogens is 180 g/mol. The fourth-order valence-electron chi connectivity index (χ4n) is 0.993. The van der Waals surface area contributed by atoms with Gasteiger partial charge in [0.25, 0.3) is 5.91 Å². The molecule has 0 aliphatic carbocycles. The number of hydrogen-bond acceptors (Lipinski definition) is 4. The van der Waals surface area contributed by atoms with E-state index in [9.17, 15) is 4.79 Å². The van der Waals surface area contributed by atoms with Crippen molar-refractivity contribution in [1.82, 2.24) is 10.4 Å². The summed E-state index contributed by atoms with van der Waals surface area (Å²) in [6, 6.07) is 3.72. The van der Waals surface area contributed by atoms with Gasteiger partial charge in [-0.05, 0) is 26.0 Å². The number of nitrogens with two attached hydrogens (primary N) is 1. The summed E-state index contributed by atoms with van der Waals surface area (Å²) in [5.74, 6) is 5.38. The molecular formula is C9H14N4O. The molecule has 0 spiro atoms. The van der Waals surface area contributed by atoms with Crippen LogP contribution in [0, 0.1) is 0 Å². The number of nitrogen functional groups attached to an aromatic ring is 1. The van der Waals surface area contributed by atoms with Crippen LogP contribution < -0.4 is 16.6 Å². The number of carbonyl (C=O) groups excluding carboxylic acids is 1. The Labute approximate surface area is 82.7 Å². The number of rotatable bonds is 3. The lowest BCUT2D eigenvalue weighted by Crippen LogP contribution is -2.30. The summed E-state index contributed by atoms with van der Waals surface area (Å²) in [5.41, 5.74) is 2.49. The van der Waals surface area contributed by atoms with Gasteiger partial charge >= 0.3 is 0 Å². The summed E-state index contributed by atoms with van der Waals surface area (Å²) >= 11 is 0. The monoisotopic (exact) mass is 194 g/mol. The zero-order valence-corrected chi connectivity index (χ0v) is 8.24. The second-order valence-electron chi connectivity index (χ2n) is 3.20. The van der Waals surface area contributed by atoms with E-state index in [-0.39, 0.29) is 5.91 Å². The molecule has 0 saturated heterocycles. The molecule has 0 unspecified atom stereocenters. The van der Waals surface area contributed by atoms with Gasteiger partial charge in [-0.25, -0.2) is 10.8 Å². The van der Waals surface area contributed by atoms with E-state index in [4.69, 9.17) is 5.84 Å². The van der Waals surface area contributed by atoms with Crippen molar-refractivity contribution in [1.29, 1.82) is 0 Å². The van der Waals surface area contributed by atoms with Crippen LogP contribution in [0.15, 0.2) is 18.3 Å². The first kappa shape index (κ1) is 10.5. The van der Waals surface area contributed by atoms with Crippen LogP contribution in [0.1, 0.15) is 24.2 Å². The van der Waals surface area contributed by atoms with Crippen molar-refractivity contribution in [2.45, 2.75) is 19.9 Å². The normalized spacial score (nSPS) is 10.0. The van der Waals surface area contributed by atoms with E-state index in [0.717, 1.165) is 5.82 Å². The molecule has 1 rings (SSSR count). The lowest BCUT2D eigenvalue weighted by Gasteiger charge is -2.08. The predicted octanol–water partition coefficient (Wildman–Crippen LogP) is 0.505. The van der Waals surface area contributed by atoms with Crippen LogP contribution in [0.2, 0.25) is 0 Å². The Bertz CT molecular complexity index is 307. The van der Waals surface area contributed by atoms with Gasteiger partial charge in [0, 0.05) is 12.2 Å². The Morgan fingerprint density at radius 1 is 1.50 bits per heavy atom. The van der Waals surface area contributed by atoms with E-state index in [1.807, 2.05) is 19.3 Å². The third kappa shape index (κ3) is 2.70. The molecule has 5 heteroatoms. The third-order valence-corrected chi connectivity index (χ3v) is 1.59. The van der Waals surface area contributed by atoms with E-state index < -0.39 is 0 Å². The average molecular weight is 194 g/mol. The number of aromatic nitrogens is 1. The summed E-state index contributed by atoms with van der Waals surface area (Å²) in [6.07, 6.45) is 1.48. The molecule has 0 bridgehead atoms. The van der Waals surface area contributed by atoms with Gasteiger partial charge in [0.05, 0.1) is 5.56 Å². The molecule has 0 aliphatic heterocycles. The fourth-order valence-corrected chi connectivity index (χ4v) is 0.993. The van der Waals surface area contributed by atoms with E-state index in [1.54, 1.807) is 12.1 Å². The van der Waals surface area contributed by atoms with Crippen molar-refractivity contribution in [3.05, 3.63) is 23.9 Å². The summed E-state index contributed by atoms with van der Waals surface area (Å²) in [6.45, 7) is 4.03. The van der Waals surface area contributed by atoms with Crippen LogP contribution in [0.25, 0.3) is 0 Å². The molecule has 1 aromatic heterocycles. The number of anilines is 1. The molecule has 0 aliphatic rings. The zero-order valence-electron chi connectivity index (χ0n) is 8.24. The minimum Gasteiger partial charge on any atom is -0.368 e. The van der Waals surface area contributed by atoms with Crippen LogP contribution in [0.4, 0.5) is 5.82 Å². The summed E-state index contributed by atoms with van der Waals surface area (Å²) in [5, 5.41) is 3.11. The van der Waals surface area contributed by atoms with Crippen molar-refractivity contribution in [2.24, 2.45) is 5.84 Å². The summed E-state index contributed by atoms with van der Waals surface area (Å²) in [4.78, 5) is 15.1. The van der Waals surface area contributed by atoms with Gasteiger partial charge in [-0.1, -0.05) is 0 Å². The highest BCUT2D eigenvalue weighted by atomic mass is 16.2. The highest BCUT2D eigenvalue weighted by molar-refractivity contribution is 5.93. The lowest BCUT2D eigenvalue weighted by atomic mass is 10.2. The minimum absolute atomic E-state index is 0.316. The van der Waals surface area contributed by atoms with Crippen molar-refractivity contribution in [2.75, 3.05) is 5.32 Å². The Balaban J connectivity index is 2.73. The number of hydrogen-bond donors (Lipinski definition) is 3. The van der Waals surface area contributed by atoms with Crippen LogP contribution in [0.3, 0.4) is 0 Å². The number of pyridine rings is 1. The van der Waals surface area contributed by atoms with E-state index in [2.05, 4.69) is 10.3 Å².